The number of carbonyl (C=O) groups is 2. The third-order valence-electron chi connectivity index (χ3n) is 3.31. The molecule has 7 nitrogen and oxygen atoms in total. The predicted octanol–water partition coefficient (Wildman–Crippen LogP) is 3.00. The van der Waals surface area contributed by atoms with Gasteiger partial charge in [0.25, 0.3) is 0 Å². The molecule has 0 atom stereocenters. The van der Waals surface area contributed by atoms with Gasteiger partial charge in [-0.3, -0.25) is 4.79 Å². The number of urea groups is 1. The SMILES string of the molecule is CCCNC(=O)CNC(=O)Nc1ccc(Oc2ccc(C#N)cc2)cc1. The van der Waals surface area contributed by atoms with E-state index in [0.717, 1.165) is 6.42 Å². The van der Waals surface area contributed by atoms with Crippen LogP contribution in [0.1, 0.15) is 18.9 Å². The van der Waals surface area contributed by atoms with Gasteiger partial charge in [-0.2, -0.15) is 5.26 Å². The second-order valence-electron chi connectivity index (χ2n) is 5.42. The third kappa shape index (κ3) is 6.17. The molecule has 0 fully saturated rings. The number of anilines is 1. The summed E-state index contributed by atoms with van der Waals surface area (Å²) in [6.45, 7) is 2.46. The highest BCUT2D eigenvalue weighted by molar-refractivity contribution is 5.92. The van der Waals surface area contributed by atoms with Crippen molar-refractivity contribution < 1.29 is 14.3 Å². The minimum Gasteiger partial charge on any atom is -0.457 e. The van der Waals surface area contributed by atoms with Crippen LogP contribution in [0.2, 0.25) is 0 Å². The Kier molecular flexibility index (Phi) is 7.01. The molecule has 2 aromatic carbocycles. The third-order valence-corrected chi connectivity index (χ3v) is 3.31. The van der Waals surface area contributed by atoms with Gasteiger partial charge in [0, 0.05) is 12.2 Å². The van der Waals surface area contributed by atoms with Gasteiger partial charge in [-0.15, -0.1) is 0 Å². The Morgan fingerprint density at radius 1 is 1.00 bits per heavy atom. The molecule has 0 unspecified atom stereocenters. The number of hydrogen-bond acceptors (Lipinski definition) is 4. The van der Waals surface area contributed by atoms with E-state index in [9.17, 15) is 9.59 Å². The van der Waals surface area contributed by atoms with Crippen LogP contribution in [0.25, 0.3) is 0 Å². The first-order chi connectivity index (χ1) is 12.6. The minimum absolute atomic E-state index is 0.0777. The maximum atomic E-state index is 11.8. The smallest absolute Gasteiger partial charge is 0.319 e. The van der Waals surface area contributed by atoms with Gasteiger partial charge in [0.05, 0.1) is 18.2 Å². The first-order valence-corrected chi connectivity index (χ1v) is 8.20. The van der Waals surface area contributed by atoms with Crippen LogP contribution in [0.15, 0.2) is 48.5 Å². The predicted molar refractivity (Wildman–Crippen MR) is 98.0 cm³/mol. The Labute approximate surface area is 152 Å². The number of ether oxygens (including phenoxy) is 1. The Bertz CT molecular complexity index is 780. The summed E-state index contributed by atoms with van der Waals surface area (Å²) in [5, 5.41) is 16.6. The van der Waals surface area contributed by atoms with Crippen molar-refractivity contribution in [1.29, 1.82) is 5.26 Å². The quantitative estimate of drug-likeness (QED) is 0.712. The molecule has 0 bridgehead atoms. The summed E-state index contributed by atoms with van der Waals surface area (Å²) < 4.78 is 5.66. The van der Waals surface area contributed by atoms with E-state index in [1.807, 2.05) is 13.0 Å². The van der Waals surface area contributed by atoms with Crippen molar-refractivity contribution in [3.63, 3.8) is 0 Å². The number of rotatable bonds is 7. The van der Waals surface area contributed by atoms with Gasteiger partial charge < -0.3 is 20.7 Å². The van der Waals surface area contributed by atoms with Crippen LogP contribution >= 0.6 is 0 Å². The number of hydrogen-bond donors (Lipinski definition) is 3. The number of nitriles is 1. The van der Waals surface area contributed by atoms with Crippen LogP contribution in [-0.2, 0) is 4.79 Å². The Balaban J connectivity index is 1.82. The first-order valence-electron chi connectivity index (χ1n) is 8.20. The molecule has 7 heteroatoms. The van der Waals surface area contributed by atoms with Gasteiger partial charge in [0.1, 0.15) is 11.5 Å². The molecular weight excluding hydrogens is 332 g/mol. The molecule has 0 aliphatic heterocycles. The van der Waals surface area contributed by atoms with Crippen LogP contribution in [0.5, 0.6) is 11.5 Å². The van der Waals surface area contributed by atoms with Gasteiger partial charge >= 0.3 is 6.03 Å². The topological polar surface area (TPSA) is 103 Å². The van der Waals surface area contributed by atoms with E-state index in [0.29, 0.717) is 29.3 Å². The van der Waals surface area contributed by atoms with Crippen molar-refractivity contribution in [3.8, 4) is 17.6 Å². The van der Waals surface area contributed by atoms with Gasteiger partial charge in [0.2, 0.25) is 5.91 Å². The average molecular weight is 352 g/mol. The molecule has 0 saturated heterocycles. The molecule has 0 aromatic heterocycles. The van der Waals surface area contributed by atoms with Crippen LogP contribution < -0.4 is 20.7 Å². The summed E-state index contributed by atoms with van der Waals surface area (Å²) in [6.07, 6.45) is 0.842. The second-order valence-corrected chi connectivity index (χ2v) is 5.42. The fraction of sp³-hybridized carbons (Fsp3) is 0.211. The van der Waals surface area contributed by atoms with Crippen molar-refractivity contribution in [1.82, 2.24) is 10.6 Å². The Morgan fingerprint density at radius 2 is 1.62 bits per heavy atom. The second kappa shape index (κ2) is 9.69. The summed E-state index contributed by atoms with van der Waals surface area (Å²) >= 11 is 0. The molecule has 26 heavy (non-hydrogen) atoms. The van der Waals surface area contributed by atoms with E-state index in [1.165, 1.54) is 0 Å². The normalized spacial score (nSPS) is 9.69. The summed E-state index contributed by atoms with van der Waals surface area (Å²) in [7, 11) is 0. The molecular formula is C19H20N4O3. The molecule has 2 aromatic rings. The number of nitrogens with one attached hydrogen (secondary N) is 3. The lowest BCUT2D eigenvalue weighted by Crippen LogP contribution is -2.39. The zero-order chi connectivity index (χ0) is 18.8. The molecule has 2 rings (SSSR count). The van der Waals surface area contributed by atoms with E-state index in [1.54, 1.807) is 48.5 Å². The summed E-state index contributed by atoms with van der Waals surface area (Å²) in [4.78, 5) is 23.2. The van der Waals surface area contributed by atoms with Crippen LogP contribution in [0, 0.1) is 11.3 Å². The van der Waals surface area contributed by atoms with Crippen LogP contribution in [0.4, 0.5) is 10.5 Å². The first kappa shape index (κ1) is 18.8. The van der Waals surface area contributed by atoms with Crippen molar-refractivity contribution in [3.05, 3.63) is 54.1 Å². The van der Waals surface area contributed by atoms with Crippen molar-refractivity contribution in [2.45, 2.75) is 13.3 Å². The average Bonchev–Trinajstić information content (AvgIpc) is 2.67. The zero-order valence-electron chi connectivity index (χ0n) is 14.4. The number of amides is 3. The van der Waals surface area contributed by atoms with Crippen molar-refractivity contribution in [2.24, 2.45) is 0 Å². The molecule has 3 N–H and O–H groups in total. The zero-order valence-corrected chi connectivity index (χ0v) is 14.4. The lowest BCUT2D eigenvalue weighted by Gasteiger charge is -2.09. The summed E-state index contributed by atoms with van der Waals surface area (Å²) in [6, 6.07) is 15.1. The Hall–Kier alpha value is -3.53. The fourth-order valence-corrected chi connectivity index (χ4v) is 2.00. The van der Waals surface area contributed by atoms with Crippen molar-refractivity contribution in [2.75, 3.05) is 18.4 Å². The van der Waals surface area contributed by atoms with Gasteiger partial charge in [-0.25, -0.2) is 4.79 Å². The van der Waals surface area contributed by atoms with E-state index in [-0.39, 0.29) is 12.5 Å². The Morgan fingerprint density at radius 3 is 2.19 bits per heavy atom. The standard InChI is InChI=1S/C19H20N4O3/c1-2-11-21-18(24)13-22-19(25)23-15-5-9-17(10-6-15)26-16-7-3-14(12-20)4-8-16/h3-10H,2,11,13H2,1H3,(H,21,24)(H2,22,23,25). The monoisotopic (exact) mass is 352 g/mol. The van der Waals surface area contributed by atoms with E-state index in [4.69, 9.17) is 10.00 Å². The number of benzene rings is 2. The van der Waals surface area contributed by atoms with Crippen LogP contribution in [-0.4, -0.2) is 25.0 Å². The highest BCUT2D eigenvalue weighted by Crippen LogP contribution is 2.23. The maximum absolute atomic E-state index is 11.8. The summed E-state index contributed by atoms with van der Waals surface area (Å²) in [5.41, 5.74) is 1.13. The van der Waals surface area contributed by atoms with E-state index >= 15 is 0 Å². The van der Waals surface area contributed by atoms with Crippen molar-refractivity contribution >= 4 is 17.6 Å². The molecule has 0 spiro atoms. The molecule has 0 radical (unpaired) electrons. The minimum atomic E-state index is -0.461. The van der Waals surface area contributed by atoms with Gasteiger partial charge in [-0.1, -0.05) is 6.92 Å². The molecule has 0 heterocycles. The number of nitrogens with zero attached hydrogens (tertiary/aromatic N) is 1. The van der Waals surface area contributed by atoms with E-state index in [2.05, 4.69) is 16.0 Å². The van der Waals surface area contributed by atoms with Gasteiger partial charge in [-0.05, 0) is 55.0 Å². The highest BCUT2D eigenvalue weighted by atomic mass is 16.5. The van der Waals surface area contributed by atoms with Crippen LogP contribution in [0.3, 0.4) is 0 Å². The maximum Gasteiger partial charge on any atom is 0.319 e. The molecule has 0 saturated carbocycles. The molecule has 3 amide bonds. The number of carbonyl (C=O) groups excluding carboxylic acids is 2. The fourth-order valence-electron chi connectivity index (χ4n) is 2.00. The molecule has 0 aliphatic rings. The van der Waals surface area contributed by atoms with Gasteiger partial charge in [0.15, 0.2) is 0 Å². The highest BCUT2D eigenvalue weighted by Gasteiger charge is 2.05. The lowest BCUT2D eigenvalue weighted by atomic mass is 10.2. The molecule has 0 aliphatic carbocycles. The van der Waals surface area contributed by atoms with E-state index < -0.39 is 6.03 Å². The largest absolute Gasteiger partial charge is 0.457 e. The summed E-state index contributed by atoms with van der Waals surface area (Å²) in [5.74, 6) is 0.980. The molecule has 134 valence electrons. The lowest BCUT2D eigenvalue weighted by molar-refractivity contribution is -0.120.